The zero-order chi connectivity index (χ0) is 13.3. The molecular formula is C15H26N2O. The average molecular weight is 250 g/mol. The third kappa shape index (κ3) is 3.14. The van der Waals surface area contributed by atoms with E-state index in [1.54, 1.807) is 0 Å². The number of oxazole rings is 1. The molecule has 1 fully saturated rings. The van der Waals surface area contributed by atoms with Crippen molar-refractivity contribution in [3.8, 4) is 0 Å². The van der Waals surface area contributed by atoms with Gasteiger partial charge in [0.2, 0.25) is 0 Å². The van der Waals surface area contributed by atoms with Gasteiger partial charge in [0.05, 0.1) is 5.69 Å². The molecule has 1 aliphatic rings. The van der Waals surface area contributed by atoms with Crippen molar-refractivity contribution in [3.05, 3.63) is 17.3 Å². The zero-order valence-corrected chi connectivity index (χ0v) is 12.4. The van der Waals surface area contributed by atoms with Gasteiger partial charge in [0.1, 0.15) is 5.76 Å². The predicted molar refractivity (Wildman–Crippen MR) is 73.4 cm³/mol. The van der Waals surface area contributed by atoms with Crippen LogP contribution in [0.5, 0.6) is 0 Å². The molecule has 1 saturated heterocycles. The Morgan fingerprint density at radius 1 is 1.22 bits per heavy atom. The highest BCUT2D eigenvalue weighted by Crippen LogP contribution is 2.34. The molecule has 0 unspecified atom stereocenters. The Labute approximate surface area is 111 Å². The van der Waals surface area contributed by atoms with Crippen molar-refractivity contribution in [1.82, 2.24) is 9.88 Å². The summed E-state index contributed by atoms with van der Waals surface area (Å²) in [6.07, 6.45) is 2.61. The Morgan fingerprint density at radius 3 is 2.28 bits per heavy atom. The number of hydrogen-bond acceptors (Lipinski definition) is 3. The maximum Gasteiger partial charge on any atom is 0.191 e. The second kappa shape index (κ2) is 5.04. The van der Waals surface area contributed by atoms with Crippen LogP contribution in [0.3, 0.4) is 0 Å². The lowest BCUT2D eigenvalue weighted by Gasteiger charge is -2.38. The monoisotopic (exact) mass is 250 g/mol. The van der Waals surface area contributed by atoms with Crippen LogP contribution in [0.15, 0.2) is 4.42 Å². The minimum Gasteiger partial charge on any atom is -0.446 e. The van der Waals surface area contributed by atoms with Crippen LogP contribution in [-0.4, -0.2) is 23.0 Å². The molecule has 2 rings (SSSR count). The van der Waals surface area contributed by atoms with E-state index in [4.69, 9.17) is 4.42 Å². The summed E-state index contributed by atoms with van der Waals surface area (Å²) >= 11 is 0. The van der Waals surface area contributed by atoms with Crippen molar-refractivity contribution in [2.24, 2.45) is 11.3 Å². The van der Waals surface area contributed by atoms with Crippen LogP contribution >= 0.6 is 0 Å². The summed E-state index contributed by atoms with van der Waals surface area (Å²) in [6, 6.07) is 0. The summed E-state index contributed by atoms with van der Waals surface area (Å²) < 4.78 is 5.49. The smallest absolute Gasteiger partial charge is 0.191 e. The van der Waals surface area contributed by atoms with Gasteiger partial charge in [-0.3, -0.25) is 4.90 Å². The molecule has 0 aromatic carbocycles. The molecule has 0 N–H and O–H groups in total. The predicted octanol–water partition coefficient (Wildman–Crippen LogP) is 3.55. The Hall–Kier alpha value is -0.830. The lowest BCUT2D eigenvalue weighted by atomic mass is 9.75. The molecule has 0 aliphatic carbocycles. The van der Waals surface area contributed by atoms with E-state index in [0.29, 0.717) is 5.41 Å². The molecule has 0 atom stereocenters. The fraction of sp³-hybridized carbons (Fsp3) is 0.800. The maximum atomic E-state index is 5.49. The van der Waals surface area contributed by atoms with Crippen LogP contribution < -0.4 is 0 Å². The third-order valence-electron chi connectivity index (χ3n) is 4.19. The summed E-state index contributed by atoms with van der Waals surface area (Å²) in [6.45, 7) is 14.3. The number of aryl methyl sites for hydroxylation is 2. The van der Waals surface area contributed by atoms with Crippen LogP contribution in [0, 0.1) is 25.2 Å². The molecule has 0 spiro atoms. The molecular weight excluding hydrogens is 224 g/mol. The number of rotatable bonds is 2. The van der Waals surface area contributed by atoms with E-state index in [1.807, 2.05) is 13.8 Å². The van der Waals surface area contributed by atoms with Crippen molar-refractivity contribution in [2.75, 3.05) is 13.1 Å². The topological polar surface area (TPSA) is 29.3 Å². The number of piperidine rings is 1. The maximum absolute atomic E-state index is 5.49. The van der Waals surface area contributed by atoms with E-state index in [-0.39, 0.29) is 0 Å². The van der Waals surface area contributed by atoms with Crippen molar-refractivity contribution >= 4 is 0 Å². The zero-order valence-electron chi connectivity index (χ0n) is 12.4. The molecule has 102 valence electrons. The fourth-order valence-corrected chi connectivity index (χ4v) is 2.89. The molecule has 3 nitrogen and oxygen atoms in total. The van der Waals surface area contributed by atoms with Crippen LogP contribution in [0.1, 0.15) is 51.0 Å². The molecule has 1 aromatic rings. The van der Waals surface area contributed by atoms with Crippen LogP contribution in [0.2, 0.25) is 0 Å². The minimum atomic E-state index is 0.451. The first-order chi connectivity index (χ1) is 8.36. The quantitative estimate of drug-likeness (QED) is 0.804. The van der Waals surface area contributed by atoms with Gasteiger partial charge in [-0.1, -0.05) is 20.8 Å². The van der Waals surface area contributed by atoms with Crippen molar-refractivity contribution in [3.63, 3.8) is 0 Å². The number of nitrogens with zero attached hydrogens (tertiary/aromatic N) is 2. The second-order valence-corrected chi connectivity index (χ2v) is 6.65. The van der Waals surface area contributed by atoms with Gasteiger partial charge in [0.15, 0.2) is 5.89 Å². The van der Waals surface area contributed by atoms with E-state index in [0.717, 1.165) is 29.8 Å². The fourth-order valence-electron chi connectivity index (χ4n) is 2.89. The molecule has 1 aromatic heterocycles. The van der Waals surface area contributed by atoms with E-state index in [1.165, 1.54) is 25.9 Å². The summed E-state index contributed by atoms with van der Waals surface area (Å²) in [4.78, 5) is 6.97. The first-order valence-electron chi connectivity index (χ1n) is 7.01. The van der Waals surface area contributed by atoms with Gasteiger partial charge < -0.3 is 4.42 Å². The number of hydrogen-bond donors (Lipinski definition) is 0. The standard InChI is InChI=1S/C15H26N2O/c1-11-14(16-12(2)18-11)10-17-8-6-13(7-9-17)15(3,4)5/h13H,6-10H2,1-5H3. The summed E-state index contributed by atoms with van der Waals surface area (Å²) in [5, 5.41) is 0. The highest BCUT2D eigenvalue weighted by Gasteiger charge is 2.29. The van der Waals surface area contributed by atoms with E-state index in [2.05, 4.69) is 30.7 Å². The largest absolute Gasteiger partial charge is 0.446 e. The summed E-state index contributed by atoms with van der Waals surface area (Å²) in [5.41, 5.74) is 1.56. The molecule has 3 heteroatoms. The van der Waals surface area contributed by atoms with Crippen molar-refractivity contribution < 1.29 is 4.42 Å². The van der Waals surface area contributed by atoms with Crippen LogP contribution in [0.25, 0.3) is 0 Å². The van der Waals surface area contributed by atoms with E-state index >= 15 is 0 Å². The first kappa shape index (κ1) is 13.6. The first-order valence-corrected chi connectivity index (χ1v) is 7.01. The lowest BCUT2D eigenvalue weighted by molar-refractivity contribution is 0.107. The van der Waals surface area contributed by atoms with E-state index in [9.17, 15) is 0 Å². The second-order valence-electron chi connectivity index (χ2n) is 6.65. The molecule has 1 aliphatic heterocycles. The normalized spacial score (nSPS) is 19.4. The van der Waals surface area contributed by atoms with Gasteiger partial charge in [-0.2, -0.15) is 0 Å². The van der Waals surface area contributed by atoms with Crippen LogP contribution in [-0.2, 0) is 6.54 Å². The Bertz CT molecular complexity index is 395. The Kier molecular flexibility index (Phi) is 3.81. The van der Waals surface area contributed by atoms with Gasteiger partial charge in [-0.25, -0.2) is 4.98 Å². The van der Waals surface area contributed by atoms with Gasteiger partial charge in [0.25, 0.3) is 0 Å². The molecule has 0 radical (unpaired) electrons. The van der Waals surface area contributed by atoms with Crippen molar-refractivity contribution in [2.45, 2.75) is 54.0 Å². The molecule has 2 heterocycles. The average Bonchev–Trinajstić information content (AvgIpc) is 2.57. The number of likely N-dealkylation sites (tertiary alicyclic amines) is 1. The minimum absolute atomic E-state index is 0.451. The van der Waals surface area contributed by atoms with Crippen molar-refractivity contribution in [1.29, 1.82) is 0 Å². The molecule has 18 heavy (non-hydrogen) atoms. The van der Waals surface area contributed by atoms with Crippen LogP contribution in [0.4, 0.5) is 0 Å². The number of aromatic nitrogens is 1. The lowest BCUT2D eigenvalue weighted by Crippen LogP contribution is -2.37. The molecule has 0 saturated carbocycles. The van der Waals surface area contributed by atoms with Gasteiger partial charge in [0, 0.05) is 13.5 Å². The molecule has 0 bridgehead atoms. The van der Waals surface area contributed by atoms with Gasteiger partial charge in [-0.15, -0.1) is 0 Å². The SMILES string of the molecule is Cc1nc(CN2CCC(C(C)(C)C)CC2)c(C)o1. The highest BCUT2D eigenvalue weighted by atomic mass is 16.4. The van der Waals surface area contributed by atoms with Gasteiger partial charge in [-0.05, 0) is 44.2 Å². The Morgan fingerprint density at radius 2 is 1.83 bits per heavy atom. The third-order valence-corrected chi connectivity index (χ3v) is 4.19. The van der Waals surface area contributed by atoms with E-state index < -0.39 is 0 Å². The summed E-state index contributed by atoms with van der Waals surface area (Å²) in [7, 11) is 0. The highest BCUT2D eigenvalue weighted by molar-refractivity contribution is 5.07. The summed E-state index contributed by atoms with van der Waals surface area (Å²) in [5.74, 6) is 2.62. The Balaban J connectivity index is 1.89. The van der Waals surface area contributed by atoms with Gasteiger partial charge >= 0.3 is 0 Å². The molecule has 0 amide bonds.